The minimum atomic E-state index is -0.0105. The Hall–Kier alpha value is -1.71. The molecule has 2 rings (SSSR count). The van der Waals surface area contributed by atoms with Crippen molar-refractivity contribution in [2.75, 3.05) is 29.5 Å². The van der Waals surface area contributed by atoms with E-state index in [9.17, 15) is 4.79 Å². The summed E-state index contributed by atoms with van der Waals surface area (Å²) in [5.41, 5.74) is 8.17. The van der Waals surface area contributed by atoms with Crippen molar-refractivity contribution in [3.05, 3.63) is 18.2 Å². The lowest BCUT2D eigenvalue weighted by Gasteiger charge is -2.19. The van der Waals surface area contributed by atoms with Gasteiger partial charge in [-0.3, -0.25) is 4.79 Å². The molecular weight excluding hydrogens is 190 g/mol. The van der Waals surface area contributed by atoms with Crippen molar-refractivity contribution in [2.45, 2.75) is 6.92 Å². The molecule has 1 aromatic carbocycles. The molecule has 4 nitrogen and oxygen atoms in total. The van der Waals surface area contributed by atoms with Gasteiger partial charge < -0.3 is 16.0 Å². The zero-order valence-corrected chi connectivity index (χ0v) is 8.95. The molecule has 0 aromatic heterocycles. The van der Waals surface area contributed by atoms with Gasteiger partial charge in [0.2, 0.25) is 5.91 Å². The highest BCUT2D eigenvalue weighted by atomic mass is 16.1. The van der Waals surface area contributed by atoms with Crippen molar-refractivity contribution in [2.24, 2.45) is 5.92 Å². The van der Waals surface area contributed by atoms with Gasteiger partial charge in [0.1, 0.15) is 0 Å². The van der Waals surface area contributed by atoms with Crippen molar-refractivity contribution in [3.8, 4) is 0 Å². The topological polar surface area (TPSA) is 58.4 Å². The van der Waals surface area contributed by atoms with Crippen LogP contribution in [0.3, 0.4) is 0 Å². The van der Waals surface area contributed by atoms with Crippen molar-refractivity contribution in [1.82, 2.24) is 0 Å². The smallest absolute Gasteiger partial charge is 0.229 e. The summed E-state index contributed by atoms with van der Waals surface area (Å²) in [7, 11) is 1.98. The first kappa shape index (κ1) is 9.83. The molecule has 80 valence electrons. The van der Waals surface area contributed by atoms with E-state index in [0.717, 1.165) is 17.9 Å². The van der Waals surface area contributed by atoms with Crippen LogP contribution in [0, 0.1) is 5.92 Å². The molecule has 0 spiro atoms. The average molecular weight is 205 g/mol. The van der Waals surface area contributed by atoms with E-state index < -0.39 is 0 Å². The fourth-order valence-electron chi connectivity index (χ4n) is 1.83. The summed E-state index contributed by atoms with van der Waals surface area (Å²) in [5, 5.41) is 2.88. The number of nitrogens with one attached hydrogen (secondary N) is 1. The van der Waals surface area contributed by atoms with Gasteiger partial charge in [0.15, 0.2) is 0 Å². The molecule has 0 saturated carbocycles. The van der Waals surface area contributed by atoms with Gasteiger partial charge >= 0.3 is 0 Å². The van der Waals surface area contributed by atoms with Gasteiger partial charge in [0.25, 0.3) is 0 Å². The van der Waals surface area contributed by atoms with E-state index in [1.807, 2.05) is 26.1 Å². The van der Waals surface area contributed by atoms with E-state index in [1.54, 1.807) is 6.07 Å². The van der Waals surface area contributed by atoms with Crippen LogP contribution in [-0.2, 0) is 4.79 Å². The number of amides is 1. The Bertz CT molecular complexity index is 403. The molecule has 1 aromatic rings. The van der Waals surface area contributed by atoms with Crippen LogP contribution >= 0.6 is 0 Å². The number of anilines is 3. The van der Waals surface area contributed by atoms with Crippen molar-refractivity contribution in [3.63, 3.8) is 0 Å². The number of benzene rings is 1. The van der Waals surface area contributed by atoms with Crippen LogP contribution in [0.1, 0.15) is 6.92 Å². The summed E-state index contributed by atoms with van der Waals surface area (Å²) in [6.07, 6.45) is 0. The van der Waals surface area contributed by atoms with Crippen LogP contribution < -0.4 is 16.0 Å². The standard InChI is InChI=1S/C11H15N3O/c1-7-6-14(2)10-4-3-8(12)5-9(10)13-11(7)15/h3-5,7H,6,12H2,1-2H3,(H,13,15). The van der Waals surface area contributed by atoms with E-state index in [2.05, 4.69) is 10.2 Å². The van der Waals surface area contributed by atoms with Crippen LogP contribution in [-0.4, -0.2) is 19.5 Å². The quantitative estimate of drug-likeness (QED) is 0.627. The van der Waals surface area contributed by atoms with E-state index in [0.29, 0.717) is 5.69 Å². The molecule has 1 atom stereocenters. The SMILES string of the molecule is CC1CN(C)c2ccc(N)cc2NC1=O. The van der Waals surface area contributed by atoms with Crippen molar-refractivity contribution < 1.29 is 4.79 Å². The molecule has 0 saturated heterocycles. The lowest BCUT2D eigenvalue weighted by Crippen LogP contribution is -2.27. The van der Waals surface area contributed by atoms with Gasteiger partial charge in [0.05, 0.1) is 17.3 Å². The first-order chi connectivity index (χ1) is 7.08. The van der Waals surface area contributed by atoms with E-state index >= 15 is 0 Å². The Morgan fingerprint density at radius 3 is 3.00 bits per heavy atom. The minimum Gasteiger partial charge on any atom is -0.399 e. The second-order valence-corrected chi connectivity index (χ2v) is 4.05. The summed E-state index contributed by atoms with van der Waals surface area (Å²) in [6, 6.07) is 5.57. The van der Waals surface area contributed by atoms with Crippen molar-refractivity contribution in [1.29, 1.82) is 0 Å². The summed E-state index contributed by atoms with van der Waals surface area (Å²) in [5.74, 6) is 0.0369. The van der Waals surface area contributed by atoms with E-state index in [4.69, 9.17) is 5.73 Å². The normalized spacial score (nSPS) is 20.5. The molecule has 0 fully saturated rings. The summed E-state index contributed by atoms with van der Waals surface area (Å²) in [4.78, 5) is 13.7. The molecule has 15 heavy (non-hydrogen) atoms. The number of fused-ring (bicyclic) bond motifs is 1. The van der Waals surface area contributed by atoms with Gasteiger partial charge in [-0.1, -0.05) is 6.92 Å². The maximum Gasteiger partial charge on any atom is 0.229 e. The third-order valence-electron chi connectivity index (χ3n) is 2.69. The molecule has 1 aliphatic rings. The second-order valence-electron chi connectivity index (χ2n) is 4.05. The maximum atomic E-state index is 11.7. The number of hydrogen-bond acceptors (Lipinski definition) is 3. The highest BCUT2D eigenvalue weighted by Crippen LogP contribution is 2.30. The van der Waals surface area contributed by atoms with E-state index in [-0.39, 0.29) is 11.8 Å². The fourth-order valence-corrected chi connectivity index (χ4v) is 1.83. The lowest BCUT2D eigenvalue weighted by atomic mass is 10.1. The van der Waals surface area contributed by atoms with Gasteiger partial charge in [-0.15, -0.1) is 0 Å². The summed E-state index contributed by atoms with van der Waals surface area (Å²) < 4.78 is 0. The highest BCUT2D eigenvalue weighted by Gasteiger charge is 2.22. The van der Waals surface area contributed by atoms with Crippen LogP contribution in [0.4, 0.5) is 17.1 Å². The zero-order valence-electron chi connectivity index (χ0n) is 8.95. The van der Waals surface area contributed by atoms with Crippen LogP contribution in [0.25, 0.3) is 0 Å². The molecule has 1 unspecified atom stereocenters. The van der Waals surface area contributed by atoms with Gasteiger partial charge in [-0.2, -0.15) is 0 Å². The molecule has 0 radical (unpaired) electrons. The Morgan fingerprint density at radius 2 is 2.27 bits per heavy atom. The minimum absolute atomic E-state index is 0.0105. The molecular formula is C11H15N3O. The van der Waals surface area contributed by atoms with Crippen LogP contribution in [0.15, 0.2) is 18.2 Å². The highest BCUT2D eigenvalue weighted by molar-refractivity contribution is 5.98. The molecule has 0 bridgehead atoms. The molecule has 3 N–H and O–H groups in total. The first-order valence-electron chi connectivity index (χ1n) is 4.99. The summed E-state index contributed by atoms with van der Waals surface area (Å²) in [6.45, 7) is 2.64. The number of nitrogen functional groups attached to an aromatic ring is 1. The molecule has 4 heteroatoms. The largest absolute Gasteiger partial charge is 0.399 e. The summed E-state index contributed by atoms with van der Waals surface area (Å²) >= 11 is 0. The molecule has 0 aliphatic carbocycles. The van der Waals surface area contributed by atoms with Gasteiger partial charge in [0, 0.05) is 19.3 Å². The number of nitrogens with two attached hydrogens (primary N) is 1. The van der Waals surface area contributed by atoms with Gasteiger partial charge in [-0.25, -0.2) is 0 Å². The fraction of sp³-hybridized carbons (Fsp3) is 0.364. The number of carbonyl (C=O) groups is 1. The predicted molar refractivity (Wildman–Crippen MR) is 61.9 cm³/mol. The molecule has 1 heterocycles. The number of hydrogen-bond donors (Lipinski definition) is 2. The first-order valence-corrected chi connectivity index (χ1v) is 4.99. The van der Waals surface area contributed by atoms with Crippen LogP contribution in [0.2, 0.25) is 0 Å². The maximum absolute atomic E-state index is 11.7. The average Bonchev–Trinajstić information content (AvgIpc) is 2.25. The Kier molecular flexibility index (Phi) is 2.26. The lowest BCUT2D eigenvalue weighted by molar-refractivity contribution is -0.119. The van der Waals surface area contributed by atoms with E-state index in [1.165, 1.54) is 0 Å². The van der Waals surface area contributed by atoms with Crippen molar-refractivity contribution >= 4 is 23.0 Å². The second kappa shape index (κ2) is 3.46. The third kappa shape index (κ3) is 1.75. The third-order valence-corrected chi connectivity index (χ3v) is 2.69. The Balaban J connectivity index is 2.46. The monoisotopic (exact) mass is 205 g/mol. The zero-order chi connectivity index (χ0) is 11.0. The number of rotatable bonds is 0. The number of carbonyl (C=O) groups excluding carboxylic acids is 1. The van der Waals surface area contributed by atoms with Gasteiger partial charge in [-0.05, 0) is 18.2 Å². The Labute approximate surface area is 89.1 Å². The Morgan fingerprint density at radius 1 is 1.53 bits per heavy atom. The van der Waals surface area contributed by atoms with Crippen LogP contribution in [0.5, 0.6) is 0 Å². The number of nitrogens with zero attached hydrogens (tertiary/aromatic N) is 1. The molecule has 1 amide bonds. The predicted octanol–water partition coefficient (Wildman–Crippen LogP) is 1.29. The molecule has 1 aliphatic heterocycles.